The van der Waals surface area contributed by atoms with E-state index in [1.165, 1.54) is 19.2 Å². The lowest BCUT2D eigenvalue weighted by Gasteiger charge is -2.22. The topological polar surface area (TPSA) is 105 Å². The lowest BCUT2D eigenvalue weighted by Crippen LogP contribution is -2.44. The molecule has 1 aromatic rings. The lowest BCUT2D eigenvalue weighted by molar-refractivity contribution is -0.133. The average Bonchev–Trinajstić information content (AvgIpc) is 2.83. The molecule has 2 rings (SSSR count). The first-order chi connectivity index (χ1) is 12.7. The number of ether oxygens (including phenoxy) is 1. The van der Waals surface area contributed by atoms with E-state index in [9.17, 15) is 19.2 Å². The number of methoxy groups -OCH3 is 1. The zero-order chi connectivity index (χ0) is 20.2. The maximum Gasteiger partial charge on any atom is 0.337 e. The van der Waals surface area contributed by atoms with Crippen molar-refractivity contribution in [1.29, 1.82) is 0 Å². The standard InChI is InChI=1S/C19H25N3O5/c1-12(2)9-10-19(3)17(25)22(18(26)21-19)11-15(23)20-14-7-5-13(6-8-14)16(24)27-4/h5-8,12H,9-11H2,1-4H3,(H,20,23)(H,21,26)/t19-/m0/s1. The quantitative estimate of drug-likeness (QED) is 0.561. The van der Waals surface area contributed by atoms with Crippen molar-refractivity contribution in [3.05, 3.63) is 29.8 Å². The zero-order valence-corrected chi connectivity index (χ0v) is 16.0. The number of rotatable bonds is 7. The van der Waals surface area contributed by atoms with Gasteiger partial charge in [-0.1, -0.05) is 13.8 Å². The molecule has 4 amide bonds. The summed E-state index contributed by atoms with van der Waals surface area (Å²) >= 11 is 0. The van der Waals surface area contributed by atoms with Crippen molar-refractivity contribution < 1.29 is 23.9 Å². The number of nitrogens with one attached hydrogen (secondary N) is 2. The Balaban J connectivity index is 1.98. The van der Waals surface area contributed by atoms with Crippen LogP contribution in [0.4, 0.5) is 10.5 Å². The Morgan fingerprint density at radius 3 is 2.41 bits per heavy atom. The second-order valence-corrected chi connectivity index (χ2v) is 7.20. The number of nitrogens with zero attached hydrogens (tertiary/aromatic N) is 1. The van der Waals surface area contributed by atoms with Gasteiger partial charge in [0.25, 0.3) is 5.91 Å². The molecular weight excluding hydrogens is 350 g/mol. The number of hydrogen-bond acceptors (Lipinski definition) is 5. The van der Waals surface area contributed by atoms with Gasteiger partial charge in [-0.05, 0) is 49.9 Å². The van der Waals surface area contributed by atoms with Crippen LogP contribution < -0.4 is 10.6 Å². The minimum Gasteiger partial charge on any atom is -0.465 e. The zero-order valence-electron chi connectivity index (χ0n) is 16.0. The summed E-state index contributed by atoms with van der Waals surface area (Å²) in [6.07, 6.45) is 1.30. The van der Waals surface area contributed by atoms with E-state index in [1.807, 2.05) is 13.8 Å². The third-order valence-corrected chi connectivity index (χ3v) is 4.46. The van der Waals surface area contributed by atoms with Crippen LogP contribution in [0.3, 0.4) is 0 Å². The van der Waals surface area contributed by atoms with E-state index >= 15 is 0 Å². The Hall–Kier alpha value is -2.90. The van der Waals surface area contributed by atoms with Crippen LogP contribution in [0.2, 0.25) is 0 Å². The van der Waals surface area contributed by atoms with Gasteiger partial charge in [0.15, 0.2) is 0 Å². The van der Waals surface area contributed by atoms with Gasteiger partial charge in [-0.15, -0.1) is 0 Å². The summed E-state index contributed by atoms with van der Waals surface area (Å²) in [5, 5.41) is 5.29. The SMILES string of the molecule is COC(=O)c1ccc(NC(=O)CN2C(=O)N[C@@](C)(CCC(C)C)C2=O)cc1. The first kappa shape index (κ1) is 20.4. The Labute approximate surface area is 158 Å². The molecule has 1 atom stereocenters. The first-order valence-electron chi connectivity index (χ1n) is 8.78. The molecule has 1 aliphatic rings. The third-order valence-electron chi connectivity index (χ3n) is 4.46. The van der Waals surface area contributed by atoms with E-state index in [1.54, 1.807) is 19.1 Å². The van der Waals surface area contributed by atoms with E-state index in [0.29, 0.717) is 23.6 Å². The highest BCUT2D eigenvalue weighted by molar-refractivity contribution is 6.09. The fourth-order valence-corrected chi connectivity index (χ4v) is 2.79. The maximum absolute atomic E-state index is 12.6. The molecule has 8 heteroatoms. The molecule has 1 heterocycles. The fraction of sp³-hybridized carbons (Fsp3) is 0.474. The van der Waals surface area contributed by atoms with Crippen molar-refractivity contribution in [3.63, 3.8) is 0 Å². The van der Waals surface area contributed by atoms with Crippen LogP contribution in [0.25, 0.3) is 0 Å². The first-order valence-corrected chi connectivity index (χ1v) is 8.78. The van der Waals surface area contributed by atoms with E-state index < -0.39 is 29.4 Å². The van der Waals surface area contributed by atoms with Crippen LogP contribution in [-0.2, 0) is 14.3 Å². The maximum atomic E-state index is 12.6. The van der Waals surface area contributed by atoms with Gasteiger partial charge in [0, 0.05) is 5.69 Å². The highest BCUT2D eigenvalue weighted by atomic mass is 16.5. The van der Waals surface area contributed by atoms with Crippen LogP contribution in [0, 0.1) is 5.92 Å². The molecule has 8 nitrogen and oxygen atoms in total. The van der Waals surface area contributed by atoms with E-state index in [2.05, 4.69) is 15.4 Å². The molecule has 0 bridgehead atoms. The van der Waals surface area contributed by atoms with E-state index in [-0.39, 0.29) is 6.54 Å². The molecule has 1 fully saturated rings. The van der Waals surface area contributed by atoms with Crippen molar-refractivity contribution >= 4 is 29.5 Å². The number of anilines is 1. The van der Waals surface area contributed by atoms with Crippen LogP contribution >= 0.6 is 0 Å². The molecule has 0 saturated carbocycles. The minimum absolute atomic E-state index is 0.352. The lowest BCUT2D eigenvalue weighted by atomic mass is 9.92. The van der Waals surface area contributed by atoms with Gasteiger partial charge < -0.3 is 15.4 Å². The van der Waals surface area contributed by atoms with Crippen LogP contribution in [0.1, 0.15) is 44.0 Å². The molecule has 0 aliphatic carbocycles. The Kier molecular flexibility index (Phi) is 6.20. The summed E-state index contributed by atoms with van der Waals surface area (Å²) in [5.74, 6) is -0.980. The predicted molar refractivity (Wildman–Crippen MR) is 99.1 cm³/mol. The highest BCUT2D eigenvalue weighted by Gasteiger charge is 2.47. The Bertz CT molecular complexity index is 744. The molecule has 0 unspecified atom stereocenters. The van der Waals surface area contributed by atoms with Gasteiger partial charge in [-0.3, -0.25) is 14.5 Å². The number of imide groups is 1. The number of urea groups is 1. The van der Waals surface area contributed by atoms with Crippen molar-refractivity contribution in [2.24, 2.45) is 5.92 Å². The van der Waals surface area contributed by atoms with Crippen LogP contribution in [0.15, 0.2) is 24.3 Å². The van der Waals surface area contributed by atoms with Gasteiger partial charge in [0.1, 0.15) is 12.1 Å². The third kappa shape index (κ3) is 4.84. The molecular formula is C19H25N3O5. The smallest absolute Gasteiger partial charge is 0.337 e. The highest BCUT2D eigenvalue weighted by Crippen LogP contribution is 2.24. The summed E-state index contributed by atoms with van der Waals surface area (Å²) in [5.41, 5.74) is -0.183. The summed E-state index contributed by atoms with van der Waals surface area (Å²) < 4.78 is 4.61. The summed E-state index contributed by atoms with van der Waals surface area (Å²) in [7, 11) is 1.28. The number of carbonyl (C=O) groups excluding carboxylic acids is 4. The van der Waals surface area contributed by atoms with Crippen molar-refractivity contribution in [1.82, 2.24) is 10.2 Å². The molecule has 2 N–H and O–H groups in total. The number of carbonyl (C=O) groups is 4. The summed E-state index contributed by atoms with van der Waals surface area (Å²) in [6.45, 7) is 5.39. The van der Waals surface area contributed by atoms with Gasteiger partial charge in [-0.2, -0.15) is 0 Å². The molecule has 1 saturated heterocycles. The second-order valence-electron chi connectivity index (χ2n) is 7.20. The van der Waals surface area contributed by atoms with Gasteiger partial charge in [0.05, 0.1) is 12.7 Å². The predicted octanol–water partition coefficient (Wildman–Crippen LogP) is 2.16. The fourth-order valence-electron chi connectivity index (χ4n) is 2.79. The molecule has 0 aromatic heterocycles. The minimum atomic E-state index is -0.982. The largest absolute Gasteiger partial charge is 0.465 e. The summed E-state index contributed by atoms with van der Waals surface area (Å²) in [4.78, 5) is 49.3. The van der Waals surface area contributed by atoms with E-state index in [0.717, 1.165) is 11.3 Å². The molecule has 1 aromatic carbocycles. The number of amides is 4. The van der Waals surface area contributed by atoms with Gasteiger partial charge >= 0.3 is 12.0 Å². The van der Waals surface area contributed by atoms with Gasteiger partial charge in [0.2, 0.25) is 5.91 Å². The number of benzene rings is 1. The monoisotopic (exact) mass is 375 g/mol. The summed E-state index contributed by atoms with van der Waals surface area (Å²) in [6, 6.07) is 5.55. The van der Waals surface area contributed by atoms with Crippen molar-refractivity contribution in [3.8, 4) is 0 Å². The molecule has 0 radical (unpaired) electrons. The number of esters is 1. The Morgan fingerprint density at radius 2 is 1.85 bits per heavy atom. The molecule has 0 spiro atoms. The normalized spacial score (nSPS) is 19.2. The second kappa shape index (κ2) is 8.20. The van der Waals surface area contributed by atoms with Crippen LogP contribution in [0.5, 0.6) is 0 Å². The van der Waals surface area contributed by atoms with E-state index in [4.69, 9.17) is 0 Å². The molecule has 1 aliphatic heterocycles. The van der Waals surface area contributed by atoms with Crippen LogP contribution in [-0.4, -0.2) is 47.9 Å². The van der Waals surface area contributed by atoms with Crippen molar-refractivity contribution in [2.75, 3.05) is 19.0 Å². The molecule has 27 heavy (non-hydrogen) atoms. The molecule has 146 valence electrons. The van der Waals surface area contributed by atoms with Gasteiger partial charge in [-0.25, -0.2) is 9.59 Å². The average molecular weight is 375 g/mol. The Morgan fingerprint density at radius 1 is 1.22 bits per heavy atom. The van der Waals surface area contributed by atoms with Crippen molar-refractivity contribution in [2.45, 2.75) is 39.2 Å². The number of hydrogen-bond donors (Lipinski definition) is 2.